The first-order valence-corrected chi connectivity index (χ1v) is 2.44. The molecule has 0 bridgehead atoms. The van der Waals surface area contributed by atoms with Crippen LogP contribution in [0.3, 0.4) is 0 Å². The zero-order valence-corrected chi connectivity index (χ0v) is 4.61. The second kappa shape index (κ2) is 2.33. The maximum Gasteiger partial charge on any atom is 0.168 e. The molecule has 0 saturated carbocycles. The molecule has 0 fully saturated rings. The minimum atomic E-state index is -1.05. The topological polar surface area (TPSA) is 57.2 Å². The summed E-state index contributed by atoms with van der Waals surface area (Å²) in [4.78, 5) is 0. The summed E-state index contributed by atoms with van der Waals surface area (Å²) in [6, 6.07) is 3.21. The van der Waals surface area contributed by atoms with Crippen LogP contribution in [0.25, 0.3) is 0 Å². The van der Waals surface area contributed by atoms with Crippen LogP contribution in [-0.4, -0.2) is 5.11 Å². The average molecular weight is 123 g/mol. The summed E-state index contributed by atoms with van der Waals surface area (Å²) in [7, 11) is 0. The summed E-state index contributed by atoms with van der Waals surface area (Å²) >= 11 is 0. The molecule has 9 heavy (non-hydrogen) atoms. The van der Waals surface area contributed by atoms with Gasteiger partial charge >= 0.3 is 0 Å². The standard InChI is InChI=1S/C6H5NO2/c7-3-6(8)5-1-2-9-4-5/h1-2,4,6,8H/t6-/m1/s1. The number of hydrogen-bond donors (Lipinski definition) is 1. The van der Waals surface area contributed by atoms with E-state index in [4.69, 9.17) is 10.4 Å². The second-order valence-electron chi connectivity index (χ2n) is 1.59. The van der Waals surface area contributed by atoms with Crippen molar-refractivity contribution in [3.63, 3.8) is 0 Å². The molecule has 0 aromatic carbocycles. The lowest BCUT2D eigenvalue weighted by molar-refractivity contribution is 0.235. The molecule has 1 rings (SSSR count). The van der Waals surface area contributed by atoms with Crippen molar-refractivity contribution in [1.29, 1.82) is 5.26 Å². The Morgan fingerprint density at radius 2 is 2.56 bits per heavy atom. The summed E-state index contributed by atoms with van der Waals surface area (Å²) in [6.45, 7) is 0. The lowest BCUT2D eigenvalue weighted by Crippen LogP contribution is -1.88. The maximum absolute atomic E-state index is 8.80. The van der Waals surface area contributed by atoms with Crippen molar-refractivity contribution in [3.8, 4) is 6.07 Å². The van der Waals surface area contributed by atoms with Crippen LogP contribution in [0.2, 0.25) is 0 Å². The Kier molecular flexibility index (Phi) is 1.52. The second-order valence-corrected chi connectivity index (χ2v) is 1.59. The van der Waals surface area contributed by atoms with Crippen LogP contribution in [0, 0.1) is 11.3 Å². The minimum absolute atomic E-state index is 0.498. The van der Waals surface area contributed by atoms with Gasteiger partial charge in [-0.3, -0.25) is 0 Å². The maximum atomic E-state index is 8.80. The smallest absolute Gasteiger partial charge is 0.168 e. The summed E-state index contributed by atoms with van der Waals surface area (Å²) in [5.74, 6) is 0. The fourth-order valence-corrected chi connectivity index (χ4v) is 0.505. The SMILES string of the molecule is N#C[C@@H](O)c1ccoc1. The van der Waals surface area contributed by atoms with E-state index < -0.39 is 6.10 Å². The van der Waals surface area contributed by atoms with Gasteiger partial charge < -0.3 is 9.52 Å². The molecule has 1 aromatic rings. The number of nitrogens with zero attached hydrogens (tertiary/aromatic N) is 1. The fraction of sp³-hybridized carbons (Fsp3) is 0.167. The Bertz CT molecular complexity index is 209. The van der Waals surface area contributed by atoms with Crippen molar-refractivity contribution in [1.82, 2.24) is 0 Å². The van der Waals surface area contributed by atoms with Gasteiger partial charge in [0.05, 0.1) is 18.6 Å². The molecule has 0 saturated heterocycles. The highest BCUT2D eigenvalue weighted by atomic mass is 16.3. The van der Waals surface area contributed by atoms with Crippen molar-refractivity contribution in [2.24, 2.45) is 0 Å². The molecule has 3 heteroatoms. The van der Waals surface area contributed by atoms with Gasteiger partial charge in [0.15, 0.2) is 6.10 Å². The first kappa shape index (κ1) is 5.86. The molecule has 0 aliphatic rings. The van der Waals surface area contributed by atoms with Gasteiger partial charge in [0.2, 0.25) is 0 Å². The van der Waals surface area contributed by atoms with Crippen molar-refractivity contribution in [3.05, 3.63) is 24.2 Å². The normalized spacial score (nSPS) is 12.4. The van der Waals surface area contributed by atoms with Gasteiger partial charge in [0.1, 0.15) is 0 Å². The van der Waals surface area contributed by atoms with Gasteiger partial charge in [0, 0.05) is 5.56 Å². The van der Waals surface area contributed by atoms with Crippen LogP contribution in [0.4, 0.5) is 0 Å². The Hall–Kier alpha value is -1.27. The van der Waals surface area contributed by atoms with Crippen molar-refractivity contribution >= 4 is 0 Å². The highest BCUT2D eigenvalue weighted by Gasteiger charge is 2.04. The highest BCUT2D eigenvalue weighted by Crippen LogP contribution is 2.10. The number of nitriles is 1. The molecule has 0 unspecified atom stereocenters. The van der Waals surface area contributed by atoms with Crippen LogP contribution < -0.4 is 0 Å². The van der Waals surface area contributed by atoms with E-state index in [9.17, 15) is 0 Å². The lowest BCUT2D eigenvalue weighted by Gasteiger charge is -1.91. The summed E-state index contributed by atoms with van der Waals surface area (Å²) in [5, 5.41) is 17.0. The molecule has 0 amide bonds. The van der Waals surface area contributed by atoms with Crippen LogP contribution >= 0.6 is 0 Å². The third-order valence-corrected chi connectivity index (χ3v) is 0.981. The lowest BCUT2D eigenvalue weighted by atomic mass is 10.2. The molecule has 0 aliphatic carbocycles. The largest absolute Gasteiger partial charge is 0.472 e. The quantitative estimate of drug-likeness (QED) is 0.563. The first-order chi connectivity index (χ1) is 4.34. The Morgan fingerprint density at radius 3 is 3.00 bits per heavy atom. The minimum Gasteiger partial charge on any atom is -0.472 e. The summed E-state index contributed by atoms with van der Waals surface area (Å²) in [6.07, 6.45) is 1.70. The average Bonchev–Trinajstić information content (AvgIpc) is 2.37. The summed E-state index contributed by atoms with van der Waals surface area (Å²) in [5.41, 5.74) is 0.498. The molecule has 1 heterocycles. The number of aliphatic hydroxyl groups excluding tert-OH is 1. The van der Waals surface area contributed by atoms with Crippen LogP contribution in [-0.2, 0) is 0 Å². The summed E-state index contributed by atoms with van der Waals surface area (Å²) < 4.78 is 4.63. The predicted octanol–water partition coefficient (Wildman–Crippen LogP) is 0.837. The highest BCUT2D eigenvalue weighted by molar-refractivity contribution is 5.14. The van der Waals surface area contributed by atoms with E-state index in [1.165, 1.54) is 12.5 Å². The monoisotopic (exact) mass is 123 g/mol. The number of aliphatic hydroxyl groups is 1. The van der Waals surface area contributed by atoms with Gasteiger partial charge in [-0.15, -0.1) is 0 Å². The van der Waals surface area contributed by atoms with Crippen molar-refractivity contribution < 1.29 is 9.52 Å². The van der Waals surface area contributed by atoms with Gasteiger partial charge in [-0.1, -0.05) is 0 Å². The van der Waals surface area contributed by atoms with Crippen molar-refractivity contribution in [2.75, 3.05) is 0 Å². The molecule has 0 radical (unpaired) electrons. The Balaban J connectivity index is 2.80. The van der Waals surface area contributed by atoms with Gasteiger partial charge in [-0.05, 0) is 6.07 Å². The Morgan fingerprint density at radius 1 is 1.78 bits per heavy atom. The van der Waals surface area contributed by atoms with Crippen LogP contribution in [0.1, 0.15) is 11.7 Å². The molecule has 46 valence electrons. The number of hydrogen-bond acceptors (Lipinski definition) is 3. The molecular formula is C6H5NO2. The molecule has 3 nitrogen and oxygen atoms in total. The number of furan rings is 1. The van der Waals surface area contributed by atoms with E-state index in [2.05, 4.69) is 4.42 Å². The van der Waals surface area contributed by atoms with Gasteiger partial charge in [-0.25, -0.2) is 0 Å². The first-order valence-electron chi connectivity index (χ1n) is 2.44. The van der Waals surface area contributed by atoms with E-state index in [0.717, 1.165) is 0 Å². The van der Waals surface area contributed by atoms with Crippen LogP contribution in [0.15, 0.2) is 23.0 Å². The van der Waals surface area contributed by atoms with Crippen molar-refractivity contribution in [2.45, 2.75) is 6.10 Å². The third-order valence-electron chi connectivity index (χ3n) is 0.981. The zero-order valence-electron chi connectivity index (χ0n) is 4.61. The van der Waals surface area contributed by atoms with E-state index in [-0.39, 0.29) is 0 Å². The fourth-order valence-electron chi connectivity index (χ4n) is 0.505. The van der Waals surface area contributed by atoms with Gasteiger partial charge in [-0.2, -0.15) is 5.26 Å². The van der Waals surface area contributed by atoms with E-state index in [1.54, 1.807) is 12.1 Å². The van der Waals surface area contributed by atoms with E-state index in [1.807, 2.05) is 0 Å². The number of rotatable bonds is 1. The molecule has 0 spiro atoms. The molecule has 0 aliphatic heterocycles. The predicted molar refractivity (Wildman–Crippen MR) is 29.3 cm³/mol. The molecule has 1 N–H and O–H groups in total. The van der Waals surface area contributed by atoms with E-state index >= 15 is 0 Å². The molecule has 1 aromatic heterocycles. The third kappa shape index (κ3) is 1.09. The Labute approximate surface area is 52.1 Å². The molecule has 1 atom stereocenters. The zero-order chi connectivity index (χ0) is 6.69. The van der Waals surface area contributed by atoms with E-state index in [0.29, 0.717) is 5.56 Å². The molecular weight excluding hydrogens is 118 g/mol. The van der Waals surface area contributed by atoms with Gasteiger partial charge in [0.25, 0.3) is 0 Å². The van der Waals surface area contributed by atoms with Crippen LogP contribution in [0.5, 0.6) is 0 Å².